The second-order valence-electron chi connectivity index (χ2n) is 6.51. The SMILES string of the molecule is CCOC(=O)C1=C(N)N(c2ccccc2)C(=O)C(C(C)=O)C1c1ccccc1. The number of ketones is 1. The van der Waals surface area contributed by atoms with E-state index < -0.39 is 23.7 Å². The van der Waals surface area contributed by atoms with Gasteiger partial charge in [-0.15, -0.1) is 0 Å². The standard InChI is InChI=1S/C22H22N2O4/c1-3-28-22(27)19-18(15-10-6-4-7-11-15)17(14(2)25)21(26)24(20(19)23)16-12-8-5-9-13-16/h4-13,17-18H,3,23H2,1-2H3. The maximum absolute atomic E-state index is 13.3. The van der Waals surface area contributed by atoms with Gasteiger partial charge in [-0.25, -0.2) is 4.79 Å². The van der Waals surface area contributed by atoms with Gasteiger partial charge >= 0.3 is 5.97 Å². The molecular weight excluding hydrogens is 356 g/mol. The van der Waals surface area contributed by atoms with Crippen molar-refractivity contribution >= 4 is 23.3 Å². The largest absolute Gasteiger partial charge is 0.463 e. The fourth-order valence-corrected chi connectivity index (χ4v) is 3.56. The van der Waals surface area contributed by atoms with Crippen LogP contribution in [-0.4, -0.2) is 24.3 Å². The second-order valence-corrected chi connectivity index (χ2v) is 6.51. The molecule has 28 heavy (non-hydrogen) atoms. The molecule has 1 amide bonds. The maximum Gasteiger partial charge on any atom is 0.338 e. The lowest BCUT2D eigenvalue weighted by atomic mass is 9.75. The number of rotatable bonds is 5. The number of hydrogen-bond acceptors (Lipinski definition) is 5. The number of hydrogen-bond donors (Lipinski definition) is 1. The third-order valence-electron chi connectivity index (χ3n) is 4.75. The summed E-state index contributed by atoms with van der Waals surface area (Å²) in [4.78, 5) is 39.9. The van der Waals surface area contributed by atoms with E-state index in [0.717, 1.165) is 0 Å². The molecule has 0 saturated heterocycles. The van der Waals surface area contributed by atoms with Crippen molar-refractivity contribution < 1.29 is 19.1 Å². The van der Waals surface area contributed by atoms with Gasteiger partial charge in [0.1, 0.15) is 17.5 Å². The molecule has 0 bridgehead atoms. The monoisotopic (exact) mass is 378 g/mol. The zero-order valence-corrected chi connectivity index (χ0v) is 15.8. The van der Waals surface area contributed by atoms with Gasteiger partial charge in [-0.2, -0.15) is 0 Å². The van der Waals surface area contributed by atoms with E-state index in [4.69, 9.17) is 10.5 Å². The lowest BCUT2D eigenvalue weighted by Crippen LogP contribution is -2.50. The van der Waals surface area contributed by atoms with Crippen molar-refractivity contribution in [1.82, 2.24) is 0 Å². The van der Waals surface area contributed by atoms with Crippen LogP contribution in [0.4, 0.5) is 5.69 Å². The van der Waals surface area contributed by atoms with Gasteiger partial charge in [0.2, 0.25) is 5.91 Å². The summed E-state index contributed by atoms with van der Waals surface area (Å²) in [6.07, 6.45) is 0. The van der Waals surface area contributed by atoms with Crippen molar-refractivity contribution in [3.63, 3.8) is 0 Å². The van der Waals surface area contributed by atoms with Crippen LogP contribution in [0.2, 0.25) is 0 Å². The maximum atomic E-state index is 13.3. The first-order valence-electron chi connectivity index (χ1n) is 9.08. The molecular formula is C22H22N2O4. The molecule has 2 atom stereocenters. The van der Waals surface area contributed by atoms with Crippen molar-refractivity contribution in [3.8, 4) is 0 Å². The summed E-state index contributed by atoms with van der Waals surface area (Å²) < 4.78 is 5.22. The van der Waals surface area contributed by atoms with Gasteiger partial charge in [-0.05, 0) is 31.5 Å². The Morgan fingerprint density at radius 1 is 1.04 bits per heavy atom. The Balaban J connectivity index is 2.27. The van der Waals surface area contributed by atoms with E-state index in [2.05, 4.69) is 0 Å². The third kappa shape index (κ3) is 3.41. The Morgan fingerprint density at radius 3 is 2.14 bits per heavy atom. The molecule has 1 aliphatic rings. The van der Waals surface area contributed by atoms with Gasteiger partial charge in [0.25, 0.3) is 0 Å². The van der Waals surface area contributed by atoms with Crippen molar-refractivity contribution in [3.05, 3.63) is 77.6 Å². The zero-order chi connectivity index (χ0) is 20.3. The predicted octanol–water partition coefficient (Wildman–Crippen LogP) is 2.76. The van der Waals surface area contributed by atoms with E-state index in [1.165, 1.54) is 11.8 Å². The molecule has 0 aromatic heterocycles. The van der Waals surface area contributed by atoms with Crippen LogP contribution in [0.5, 0.6) is 0 Å². The molecule has 0 fully saturated rings. The molecule has 0 aliphatic carbocycles. The van der Waals surface area contributed by atoms with Crippen LogP contribution in [0.3, 0.4) is 0 Å². The first-order valence-corrected chi connectivity index (χ1v) is 9.08. The van der Waals surface area contributed by atoms with E-state index in [1.54, 1.807) is 61.5 Å². The van der Waals surface area contributed by atoms with Gasteiger partial charge in [0.15, 0.2) is 0 Å². The van der Waals surface area contributed by atoms with Crippen molar-refractivity contribution in [2.24, 2.45) is 11.7 Å². The van der Waals surface area contributed by atoms with Crippen LogP contribution < -0.4 is 10.6 Å². The molecule has 144 valence electrons. The van der Waals surface area contributed by atoms with Crippen LogP contribution in [0, 0.1) is 5.92 Å². The van der Waals surface area contributed by atoms with Crippen molar-refractivity contribution in [1.29, 1.82) is 0 Å². The number of nitrogens with zero attached hydrogens (tertiary/aromatic N) is 1. The first kappa shape index (κ1) is 19.4. The average Bonchev–Trinajstić information content (AvgIpc) is 2.69. The lowest BCUT2D eigenvalue weighted by Gasteiger charge is -2.38. The topological polar surface area (TPSA) is 89.7 Å². The molecule has 2 N–H and O–H groups in total. The van der Waals surface area contributed by atoms with E-state index in [1.807, 2.05) is 6.07 Å². The predicted molar refractivity (Wildman–Crippen MR) is 105 cm³/mol. The van der Waals surface area contributed by atoms with Crippen LogP contribution in [0.25, 0.3) is 0 Å². The Labute approximate surface area is 163 Å². The number of esters is 1. The molecule has 0 radical (unpaired) electrons. The quantitative estimate of drug-likeness (QED) is 0.638. The molecule has 1 heterocycles. The van der Waals surface area contributed by atoms with Crippen LogP contribution in [0.15, 0.2) is 72.1 Å². The summed E-state index contributed by atoms with van der Waals surface area (Å²) in [5.74, 6) is -3.32. The molecule has 0 spiro atoms. The van der Waals surface area contributed by atoms with Crippen LogP contribution in [0.1, 0.15) is 25.3 Å². The summed E-state index contributed by atoms with van der Waals surface area (Å²) >= 11 is 0. The van der Waals surface area contributed by atoms with E-state index in [-0.39, 0.29) is 23.8 Å². The molecule has 0 saturated carbocycles. The first-order chi connectivity index (χ1) is 13.5. The smallest absolute Gasteiger partial charge is 0.338 e. The van der Waals surface area contributed by atoms with Crippen LogP contribution >= 0.6 is 0 Å². The summed E-state index contributed by atoms with van der Waals surface area (Å²) in [6, 6.07) is 17.7. The van der Waals surface area contributed by atoms with Crippen LogP contribution in [-0.2, 0) is 19.1 Å². The minimum atomic E-state index is -1.07. The number of carbonyl (C=O) groups excluding carboxylic acids is 3. The fourth-order valence-electron chi connectivity index (χ4n) is 3.56. The number of nitrogens with two attached hydrogens (primary N) is 1. The molecule has 6 heteroatoms. The molecule has 3 rings (SSSR count). The summed E-state index contributed by atoms with van der Waals surface area (Å²) in [6.45, 7) is 3.20. The number of para-hydroxylation sites is 1. The molecule has 6 nitrogen and oxygen atoms in total. The second kappa shape index (κ2) is 8.08. The van der Waals surface area contributed by atoms with Gasteiger partial charge in [0.05, 0.1) is 17.9 Å². The Hall–Kier alpha value is -3.41. The molecule has 2 aromatic rings. The van der Waals surface area contributed by atoms with E-state index in [0.29, 0.717) is 11.3 Å². The zero-order valence-electron chi connectivity index (χ0n) is 15.8. The summed E-state index contributed by atoms with van der Waals surface area (Å²) in [5.41, 5.74) is 7.61. The Morgan fingerprint density at radius 2 is 1.61 bits per heavy atom. The van der Waals surface area contributed by atoms with Crippen molar-refractivity contribution in [2.75, 3.05) is 11.5 Å². The number of carbonyl (C=O) groups is 3. The van der Waals surface area contributed by atoms with Gasteiger partial charge in [-0.3, -0.25) is 14.5 Å². The summed E-state index contributed by atoms with van der Waals surface area (Å²) in [7, 11) is 0. The van der Waals surface area contributed by atoms with Gasteiger partial charge < -0.3 is 10.5 Å². The van der Waals surface area contributed by atoms with Gasteiger partial charge in [0, 0.05) is 5.92 Å². The number of anilines is 1. The number of ether oxygens (including phenoxy) is 1. The van der Waals surface area contributed by atoms with Crippen molar-refractivity contribution in [2.45, 2.75) is 19.8 Å². The highest BCUT2D eigenvalue weighted by atomic mass is 16.5. The van der Waals surface area contributed by atoms with E-state index in [9.17, 15) is 14.4 Å². The fraction of sp³-hybridized carbons (Fsp3) is 0.227. The number of amides is 1. The average molecular weight is 378 g/mol. The minimum absolute atomic E-state index is 0.0130. The highest BCUT2D eigenvalue weighted by Crippen LogP contribution is 2.41. The van der Waals surface area contributed by atoms with E-state index >= 15 is 0 Å². The summed E-state index contributed by atoms with van der Waals surface area (Å²) in [5, 5.41) is 0. The van der Waals surface area contributed by atoms with Gasteiger partial charge in [-0.1, -0.05) is 48.5 Å². The lowest BCUT2D eigenvalue weighted by molar-refractivity contribution is -0.139. The third-order valence-corrected chi connectivity index (χ3v) is 4.75. The minimum Gasteiger partial charge on any atom is -0.463 e. The molecule has 2 unspecified atom stereocenters. The number of benzene rings is 2. The highest BCUT2D eigenvalue weighted by molar-refractivity contribution is 6.14. The molecule has 2 aromatic carbocycles. The Kier molecular flexibility index (Phi) is 5.59. The normalized spacial score (nSPS) is 19.5. The Bertz CT molecular complexity index is 922. The highest BCUT2D eigenvalue weighted by Gasteiger charge is 2.47. The number of Topliss-reactive ketones (excluding diaryl/α,β-unsaturated/α-hetero) is 1. The molecule has 1 aliphatic heterocycles.